The summed E-state index contributed by atoms with van der Waals surface area (Å²) in [6, 6.07) is 5.92. The van der Waals surface area contributed by atoms with Gasteiger partial charge in [-0.15, -0.1) is 11.3 Å². The molecule has 0 spiro atoms. The number of benzene rings is 1. The molecule has 1 amide bonds. The predicted molar refractivity (Wildman–Crippen MR) is 93.9 cm³/mol. The normalized spacial score (nSPS) is 10.5. The summed E-state index contributed by atoms with van der Waals surface area (Å²) < 4.78 is 18.4. The summed E-state index contributed by atoms with van der Waals surface area (Å²) in [6.45, 7) is 5.74. The number of thiophene rings is 1. The Morgan fingerprint density at radius 1 is 1.21 bits per heavy atom. The molecule has 6 heteroatoms. The first-order valence-electron chi connectivity index (χ1n) is 7.84. The van der Waals surface area contributed by atoms with Crippen LogP contribution in [0, 0.1) is 12.7 Å². The van der Waals surface area contributed by atoms with Gasteiger partial charge in [0.05, 0.1) is 6.61 Å². The molecule has 128 valence electrons. The summed E-state index contributed by atoms with van der Waals surface area (Å²) in [7, 11) is 0. The van der Waals surface area contributed by atoms with Crippen LogP contribution >= 0.6 is 11.3 Å². The van der Waals surface area contributed by atoms with Gasteiger partial charge in [-0.3, -0.25) is 4.79 Å². The van der Waals surface area contributed by atoms with Gasteiger partial charge in [0.1, 0.15) is 16.4 Å². The number of ether oxygens (including phenoxy) is 1. The average Bonchev–Trinajstić information content (AvgIpc) is 2.84. The molecule has 0 atom stereocenters. The molecule has 0 unspecified atom stereocenters. The molecule has 2 aromatic rings. The van der Waals surface area contributed by atoms with E-state index in [0.717, 1.165) is 11.3 Å². The van der Waals surface area contributed by atoms with Crippen LogP contribution < -0.4 is 5.32 Å². The molecule has 0 saturated carbocycles. The van der Waals surface area contributed by atoms with Gasteiger partial charge in [0, 0.05) is 16.9 Å². The number of carbonyl (C=O) groups excluding carboxylic acids is 2. The molecule has 0 radical (unpaired) electrons. The summed E-state index contributed by atoms with van der Waals surface area (Å²) >= 11 is 1.32. The molecule has 0 fully saturated rings. The Morgan fingerprint density at radius 3 is 2.46 bits per heavy atom. The number of hydrogen-bond acceptors (Lipinski definition) is 4. The number of aryl methyl sites for hydroxylation is 1. The lowest BCUT2D eigenvalue weighted by Crippen LogP contribution is -2.14. The van der Waals surface area contributed by atoms with E-state index in [1.165, 1.54) is 23.5 Å². The fourth-order valence-electron chi connectivity index (χ4n) is 2.41. The second kappa shape index (κ2) is 8.06. The molecule has 4 nitrogen and oxygen atoms in total. The van der Waals surface area contributed by atoms with E-state index < -0.39 is 5.97 Å². The third-order valence-electron chi connectivity index (χ3n) is 3.43. The van der Waals surface area contributed by atoms with Crippen molar-refractivity contribution in [2.75, 3.05) is 11.9 Å². The highest BCUT2D eigenvalue weighted by atomic mass is 32.1. The number of carbonyl (C=O) groups is 2. The number of anilines is 1. The van der Waals surface area contributed by atoms with Crippen LogP contribution in [0.3, 0.4) is 0 Å². The van der Waals surface area contributed by atoms with Gasteiger partial charge in [-0.05, 0) is 38.0 Å². The van der Waals surface area contributed by atoms with Crippen molar-refractivity contribution < 1.29 is 18.7 Å². The largest absolute Gasteiger partial charge is 0.462 e. The molecule has 0 aliphatic carbocycles. The number of rotatable bonds is 6. The maximum atomic E-state index is 13.2. The molecule has 0 aliphatic rings. The molecular formula is C18H20FNO3S. The number of nitrogens with one attached hydrogen (secondary N) is 1. The number of esters is 1. The predicted octanol–water partition coefficient (Wildman–Crippen LogP) is 4.78. The summed E-state index contributed by atoms with van der Waals surface area (Å²) in [5.41, 5.74) is 1.71. The number of hydrogen-bond donors (Lipinski definition) is 1. The second-order valence-electron chi connectivity index (χ2n) is 5.26. The van der Waals surface area contributed by atoms with E-state index in [-0.39, 0.29) is 18.3 Å². The lowest BCUT2D eigenvalue weighted by Gasteiger charge is -2.09. The third kappa shape index (κ3) is 4.00. The highest BCUT2D eigenvalue weighted by molar-refractivity contribution is 7.17. The Hall–Kier alpha value is -2.21. The Labute approximate surface area is 144 Å². The van der Waals surface area contributed by atoms with Crippen LogP contribution in [0.5, 0.6) is 0 Å². The second-order valence-corrected chi connectivity index (χ2v) is 6.49. The summed E-state index contributed by atoms with van der Waals surface area (Å²) in [5.74, 6) is -0.983. The van der Waals surface area contributed by atoms with Crippen LogP contribution in [0.15, 0.2) is 24.3 Å². The zero-order valence-electron chi connectivity index (χ0n) is 13.9. The Balaban J connectivity index is 2.52. The van der Waals surface area contributed by atoms with Gasteiger partial charge in [0.15, 0.2) is 0 Å². The minimum atomic E-state index is -0.493. The van der Waals surface area contributed by atoms with E-state index in [1.54, 1.807) is 19.1 Å². The smallest absolute Gasteiger partial charge is 0.341 e. The monoisotopic (exact) mass is 349 g/mol. The van der Waals surface area contributed by atoms with E-state index in [9.17, 15) is 14.0 Å². The maximum absolute atomic E-state index is 13.2. The van der Waals surface area contributed by atoms with E-state index in [1.807, 2.05) is 13.8 Å². The average molecular weight is 349 g/mol. The quantitative estimate of drug-likeness (QED) is 0.764. The van der Waals surface area contributed by atoms with Crippen LogP contribution in [-0.4, -0.2) is 18.5 Å². The fraction of sp³-hybridized carbons (Fsp3) is 0.333. The van der Waals surface area contributed by atoms with Gasteiger partial charge in [-0.2, -0.15) is 0 Å². The van der Waals surface area contributed by atoms with E-state index in [2.05, 4.69) is 5.32 Å². The highest BCUT2D eigenvalue weighted by Crippen LogP contribution is 2.40. The van der Waals surface area contributed by atoms with Crippen LogP contribution in [0.4, 0.5) is 9.39 Å². The van der Waals surface area contributed by atoms with Gasteiger partial charge >= 0.3 is 5.97 Å². The van der Waals surface area contributed by atoms with Gasteiger partial charge in [-0.1, -0.05) is 19.1 Å². The Kier molecular flexibility index (Phi) is 6.09. The van der Waals surface area contributed by atoms with Crippen molar-refractivity contribution in [1.29, 1.82) is 0 Å². The molecule has 1 aromatic carbocycles. The molecule has 1 N–H and O–H groups in total. The van der Waals surface area contributed by atoms with E-state index in [0.29, 0.717) is 28.1 Å². The molecule has 2 rings (SSSR count). The Morgan fingerprint density at radius 2 is 1.88 bits per heavy atom. The maximum Gasteiger partial charge on any atom is 0.341 e. The molecular weight excluding hydrogens is 329 g/mol. The molecule has 0 bridgehead atoms. The van der Waals surface area contributed by atoms with Crippen LogP contribution in [0.25, 0.3) is 11.1 Å². The summed E-state index contributed by atoms with van der Waals surface area (Å²) in [6.07, 6.45) is 1.10. The molecule has 0 aliphatic heterocycles. The zero-order valence-corrected chi connectivity index (χ0v) is 14.8. The minimum absolute atomic E-state index is 0.144. The van der Waals surface area contributed by atoms with Crippen molar-refractivity contribution in [3.05, 3.63) is 40.5 Å². The van der Waals surface area contributed by atoms with Crippen molar-refractivity contribution >= 4 is 28.2 Å². The van der Waals surface area contributed by atoms with Gasteiger partial charge in [-0.25, -0.2) is 9.18 Å². The standard InChI is InChI=1S/C18H20FNO3S/c1-4-6-14(21)20-17-16(18(22)23-5-2)15(11(3)24-17)12-7-9-13(19)10-8-12/h7-10H,4-6H2,1-3H3,(H,20,21). The first kappa shape index (κ1) is 18.1. The zero-order chi connectivity index (χ0) is 17.7. The van der Waals surface area contributed by atoms with Crippen molar-refractivity contribution in [3.8, 4) is 11.1 Å². The highest BCUT2D eigenvalue weighted by Gasteiger charge is 2.25. The van der Waals surface area contributed by atoms with E-state index in [4.69, 9.17) is 4.74 Å². The third-order valence-corrected chi connectivity index (χ3v) is 4.45. The van der Waals surface area contributed by atoms with Crippen LogP contribution in [-0.2, 0) is 9.53 Å². The van der Waals surface area contributed by atoms with E-state index >= 15 is 0 Å². The van der Waals surface area contributed by atoms with Crippen molar-refractivity contribution in [2.24, 2.45) is 0 Å². The molecule has 1 heterocycles. The Bertz CT molecular complexity index is 737. The van der Waals surface area contributed by atoms with Gasteiger partial charge < -0.3 is 10.1 Å². The van der Waals surface area contributed by atoms with Crippen molar-refractivity contribution in [3.63, 3.8) is 0 Å². The van der Waals surface area contributed by atoms with Gasteiger partial charge in [0.2, 0.25) is 5.91 Å². The molecule has 24 heavy (non-hydrogen) atoms. The minimum Gasteiger partial charge on any atom is -0.462 e. The molecule has 0 saturated heterocycles. The first-order chi connectivity index (χ1) is 11.5. The lowest BCUT2D eigenvalue weighted by molar-refractivity contribution is -0.116. The topological polar surface area (TPSA) is 55.4 Å². The van der Waals surface area contributed by atoms with Crippen LogP contribution in [0.1, 0.15) is 41.9 Å². The van der Waals surface area contributed by atoms with Crippen molar-refractivity contribution in [2.45, 2.75) is 33.6 Å². The fourth-order valence-corrected chi connectivity index (χ4v) is 3.49. The first-order valence-corrected chi connectivity index (χ1v) is 8.65. The SMILES string of the molecule is CCCC(=O)Nc1sc(C)c(-c2ccc(F)cc2)c1C(=O)OCC. The summed E-state index contributed by atoms with van der Waals surface area (Å²) in [5, 5.41) is 3.27. The summed E-state index contributed by atoms with van der Waals surface area (Å²) in [4.78, 5) is 25.2. The number of halogens is 1. The van der Waals surface area contributed by atoms with Gasteiger partial charge in [0.25, 0.3) is 0 Å². The van der Waals surface area contributed by atoms with Crippen LogP contribution in [0.2, 0.25) is 0 Å². The molecule has 1 aromatic heterocycles. The number of amides is 1. The van der Waals surface area contributed by atoms with Crippen molar-refractivity contribution in [1.82, 2.24) is 0 Å². The lowest BCUT2D eigenvalue weighted by atomic mass is 10.0.